The van der Waals surface area contributed by atoms with Crippen LogP contribution in [0.3, 0.4) is 0 Å². The van der Waals surface area contributed by atoms with E-state index in [1.165, 1.54) is 4.90 Å². The quantitative estimate of drug-likeness (QED) is 0.921. The number of aliphatic hydroxyl groups excluding tert-OH is 1. The molecule has 2 rings (SSSR count). The SMILES string of the molecule is CN(Cc1ccncc1)c1c(F)cc(CO)cc1F. The van der Waals surface area contributed by atoms with Crippen molar-refractivity contribution >= 4 is 5.69 Å². The molecule has 0 saturated heterocycles. The van der Waals surface area contributed by atoms with Crippen molar-refractivity contribution in [1.29, 1.82) is 0 Å². The van der Waals surface area contributed by atoms with Crippen LogP contribution in [0.25, 0.3) is 0 Å². The number of hydrogen-bond donors (Lipinski definition) is 1. The summed E-state index contributed by atoms with van der Waals surface area (Å²) in [4.78, 5) is 5.38. The van der Waals surface area contributed by atoms with E-state index < -0.39 is 11.6 Å². The van der Waals surface area contributed by atoms with Crippen molar-refractivity contribution in [1.82, 2.24) is 4.98 Å². The molecule has 0 saturated carbocycles. The van der Waals surface area contributed by atoms with Gasteiger partial charge in [0.15, 0.2) is 0 Å². The van der Waals surface area contributed by atoms with Gasteiger partial charge in [-0.2, -0.15) is 0 Å². The van der Waals surface area contributed by atoms with Gasteiger partial charge in [-0.25, -0.2) is 8.78 Å². The smallest absolute Gasteiger partial charge is 0.149 e. The number of aromatic nitrogens is 1. The van der Waals surface area contributed by atoms with E-state index in [2.05, 4.69) is 4.98 Å². The normalized spacial score (nSPS) is 10.5. The Bertz CT molecular complexity index is 538. The number of hydrogen-bond acceptors (Lipinski definition) is 3. The third-order valence-electron chi connectivity index (χ3n) is 2.81. The second kappa shape index (κ2) is 5.75. The molecule has 0 unspecified atom stereocenters. The van der Waals surface area contributed by atoms with Crippen molar-refractivity contribution in [3.8, 4) is 0 Å². The number of benzene rings is 1. The van der Waals surface area contributed by atoms with E-state index >= 15 is 0 Å². The molecule has 0 spiro atoms. The minimum Gasteiger partial charge on any atom is -0.392 e. The van der Waals surface area contributed by atoms with Gasteiger partial charge in [0.1, 0.15) is 17.3 Å². The Balaban J connectivity index is 2.26. The van der Waals surface area contributed by atoms with Gasteiger partial charge in [0.05, 0.1) is 6.61 Å². The van der Waals surface area contributed by atoms with Gasteiger partial charge < -0.3 is 10.0 Å². The zero-order chi connectivity index (χ0) is 13.8. The van der Waals surface area contributed by atoms with Crippen LogP contribution < -0.4 is 4.90 Å². The minimum atomic E-state index is -0.680. The zero-order valence-corrected chi connectivity index (χ0v) is 10.5. The van der Waals surface area contributed by atoms with Crippen LogP contribution in [-0.4, -0.2) is 17.1 Å². The van der Waals surface area contributed by atoms with Crippen LogP contribution in [0.4, 0.5) is 14.5 Å². The molecule has 0 radical (unpaired) electrons. The standard InChI is InChI=1S/C14H14F2N2O/c1-18(8-10-2-4-17-5-3-10)14-12(15)6-11(9-19)7-13(14)16/h2-7,19H,8-9H2,1H3. The van der Waals surface area contributed by atoms with Crippen LogP contribution >= 0.6 is 0 Å². The fourth-order valence-corrected chi connectivity index (χ4v) is 1.92. The summed E-state index contributed by atoms with van der Waals surface area (Å²) in [6, 6.07) is 5.85. The molecule has 0 fully saturated rings. The average molecular weight is 264 g/mol. The molecule has 3 nitrogen and oxygen atoms in total. The van der Waals surface area contributed by atoms with Gasteiger partial charge >= 0.3 is 0 Å². The molecule has 2 aromatic rings. The second-order valence-electron chi connectivity index (χ2n) is 4.28. The predicted octanol–water partition coefficient (Wildman–Crippen LogP) is 2.49. The van der Waals surface area contributed by atoms with E-state index in [-0.39, 0.29) is 17.9 Å². The van der Waals surface area contributed by atoms with Crippen LogP contribution in [0.5, 0.6) is 0 Å². The van der Waals surface area contributed by atoms with Gasteiger partial charge in [-0.15, -0.1) is 0 Å². The van der Waals surface area contributed by atoms with E-state index in [0.717, 1.165) is 17.7 Å². The minimum absolute atomic E-state index is 0.103. The van der Waals surface area contributed by atoms with Crippen LogP contribution in [0.2, 0.25) is 0 Å². The van der Waals surface area contributed by atoms with E-state index in [9.17, 15) is 8.78 Å². The highest BCUT2D eigenvalue weighted by Crippen LogP contribution is 2.25. The lowest BCUT2D eigenvalue weighted by Gasteiger charge is -2.21. The largest absolute Gasteiger partial charge is 0.392 e. The van der Waals surface area contributed by atoms with Gasteiger partial charge in [-0.1, -0.05) is 0 Å². The summed E-state index contributed by atoms with van der Waals surface area (Å²) in [7, 11) is 1.61. The van der Waals surface area contributed by atoms with Gasteiger partial charge in [-0.05, 0) is 35.4 Å². The lowest BCUT2D eigenvalue weighted by atomic mass is 10.1. The summed E-state index contributed by atoms with van der Waals surface area (Å²) >= 11 is 0. The summed E-state index contributed by atoms with van der Waals surface area (Å²) in [5.41, 5.74) is 1.02. The second-order valence-corrected chi connectivity index (χ2v) is 4.28. The first kappa shape index (κ1) is 13.4. The van der Waals surface area contributed by atoms with Gasteiger partial charge in [0.25, 0.3) is 0 Å². The maximum Gasteiger partial charge on any atom is 0.149 e. The van der Waals surface area contributed by atoms with Crippen molar-refractivity contribution in [3.63, 3.8) is 0 Å². The number of pyridine rings is 1. The Morgan fingerprint density at radius 3 is 2.21 bits per heavy atom. The average Bonchev–Trinajstić information content (AvgIpc) is 2.38. The summed E-state index contributed by atoms with van der Waals surface area (Å²) in [5, 5.41) is 8.90. The zero-order valence-electron chi connectivity index (χ0n) is 10.5. The highest BCUT2D eigenvalue weighted by Gasteiger charge is 2.15. The van der Waals surface area contributed by atoms with Crippen LogP contribution in [-0.2, 0) is 13.2 Å². The number of rotatable bonds is 4. The van der Waals surface area contributed by atoms with Gasteiger partial charge in [0.2, 0.25) is 0 Å². The van der Waals surface area contributed by atoms with E-state index in [4.69, 9.17) is 5.11 Å². The first-order valence-corrected chi connectivity index (χ1v) is 5.80. The molecule has 0 atom stereocenters. The first-order chi connectivity index (χ1) is 9.11. The Labute approximate surface area is 110 Å². The summed E-state index contributed by atoms with van der Waals surface area (Å²) in [5.74, 6) is -1.36. The molecule has 0 aliphatic heterocycles. The fraction of sp³-hybridized carbons (Fsp3) is 0.214. The van der Waals surface area contributed by atoms with Gasteiger partial charge in [-0.3, -0.25) is 4.98 Å². The fourth-order valence-electron chi connectivity index (χ4n) is 1.92. The Kier molecular flexibility index (Phi) is 4.06. The van der Waals surface area contributed by atoms with Crippen LogP contribution in [0.1, 0.15) is 11.1 Å². The number of aliphatic hydroxyl groups is 1. The topological polar surface area (TPSA) is 36.4 Å². The number of anilines is 1. The Morgan fingerprint density at radius 2 is 1.68 bits per heavy atom. The van der Waals surface area contributed by atoms with Crippen molar-refractivity contribution in [3.05, 3.63) is 59.4 Å². The highest BCUT2D eigenvalue weighted by molar-refractivity contribution is 5.50. The lowest BCUT2D eigenvalue weighted by Crippen LogP contribution is -2.19. The molecule has 5 heteroatoms. The number of nitrogens with zero attached hydrogens (tertiary/aromatic N) is 2. The molecule has 1 aromatic carbocycles. The van der Waals surface area contributed by atoms with Gasteiger partial charge in [0, 0.05) is 26.0 Å². The predicted molar refractivity (Wildman–Crippen MR) is 68.6 cm³/mol. The highest BCUT2D eigenvalue weighted by atomic mass is 19.1. The summed E-state index contributed by atoms with van der Waals surface area (Å²) < 4.78 is 27.7. The van der Waals surface area contributed by atoms with Crippen LogP contribution in [0.15, 0.2) is 36.7 Å². The summed E-state index contributed by atoms with van der Waals surface area (Å²) in [6.45, 7) is -0.0168. The lowest BCUT2D eigenvalue weighted by molar-refractivity contribution is 0.280. The maximum absolute atomic E-state index is 13.8. The molecule has 0 amide bonds. The Morgan fingerprint density at radius 1 is 1.11 bits per heavy atom. The first-order valence-electron chi connectivity index (χ1n) is 5.80. The molecule has 0 aliphatic carbocycles. The summed E-state index contributed by atoms with van der Waals surface area (Å²) in [6.07, 6.45) is 3.26. The molecule has 0 aliphatic rings. The number of halogens is 2. The molecule has 0 bridgehead atoms. The van der Waals surface area contributed by atoms with E-state index in [1.807, 2.05) is 0 Å². The molecular weight excluding hydrogens is 250 g/mol. The monoisotopic (exact) mass is 264 g/mol. The van der Waals surface area contributed by atoms with Crippen molar-refractivity contribution in [2.75, 3.05) is 11.9 Å². The van der Waals surface area contributed by atoms with E-state index in [0.29, 0.717) is 6.54 Å². The molecule has 1 aromatic heterocycles. The molecule has 100 valence electrons. The third kappa shape index (κ3) is 3.06. The molecule has 1 N–H and O–H groups in total. The van der Waals surface area contributed by atoms with Crippen molar-refractivity contribution < 1.29 is 13.9 Å². The molecule has 1 heterocycles. The third-order valence-corrected chi connectivity index (χ3v) is 2.81. The van der Waals surface area contributed by atoms with Crippen LogP contribution in [0, 0.1) is 11.6 Å². The van der Waals surface area contributed by atoms with Crippen molar-refractivity contribution in [2.24, 2.45) is 0 Å². The van der Waals surface area contributed by atoms with E-state index in [1.54, 1.807) is 31.6 Å². The Hall–Kier alpha value is -2.01. The molecular formula is C14H14F2N2O. The maximum atomic E-state index is 13.8. The van der Waals surface area contributed by atoms with Crippen molar-refractivity contribution in [2.45, 2.75) is 13.2 Å². The molecule has 19 heavy (non-hydrogen) atoms.